The van der Waals surface area contributed by atoms with Gasteiger partial charge in [0.25, 0.3) is 5.91 Å². The summed E-state index contributed by atoms with van der Waals surface area (Å²) < 4.78 is 32.4. The minimum absolute atomic E-state index is 0.00972. The molecule has 1 aromatic heterocycles. The third-order valence-corrected chi connectivity index (χ3v) is 3.69. The van der Waals surface area contributed by atoms with Gasteiger partial charge in [-0.05, 0) is 37.3 Å². The fraction of sp³-hybridized carbons (Fsp3) is 0.0588. The zero-order valence-corrected chi connectivity index (χ0v) is 13.2. The number of hydrogen-bond donors (Lipinski definition) is 1. The molecule has 1 heterocycles. The van der Waals surface area contributed by atoms with Crippen molar-refractivity contribution in [2.45, 2.75) is 6.92 Å². The molecule has 0 saturated heterocycles. The molecule has 0 aliphatic carbocycles. The Labute approximate surface area is 141 Å². The molecule has 1 N–H and O–H groups in total. The van der Waals surface area contributed by atoms with Crippen LogP contribution in [0.25, 0.3) is 11.3 Å². The number of anilines is 1. The summed E-state index contributed by atoms with van der Waals surface area (Å²) in [6.07, 6.45) is 0. The van der Waals surface area contributed by atoms with E-state index in [9.17, 15) is 13.6 Å². The maximum atomic E-state index is 14.1. The van der Waals surface area contributed by atoms with Crippen LogP contribution in [0.5, 0.6) is 0 Å². The van der Waals surface area contributed by atoms with Gasteiger partial charge in [-0.15, -0.1) is 0 Å². The smallest absolute Gasteiger partial charge is 0.261 e. The van der Waals surface area contributed by atoms with Crippen molar-refractivity contribution in [3.05, 3.63) is 70.4 Å². The Morgan fingerprint density at radius 2 is 1.96 bits per heavy atom. The highest BCUT2D eigenvalue weighted by Gasteiger charge is 2.25. The first-order valence-corrected chi connectivity index (χ1v) is 7.32. The predicted octanol–water partition coefficient (Wildman–Crippen LogP) is 4.83. The van der Waals surface area contributed by atoms with Gasteiger partial charge < -0.3 is 9.84 Å². The first kappa shape index (κ1) is 16.1. The van der Waals surface area contributed by atoms with E-state index in [2.05, 4.69) is 10.5 Å². The van der Waals surface area contributed by atoms with Crippen molar-refractivity contribution >= 4 is 23.2 Å². The minimum Gasteiger partial charge on any atom is -0.360 e. The van der Waals surface area contributed by atoms with E-state index in [1.54, 1.807) is 0 Å². The number of halogens is 3. The number of aryl methyl sites for hydroxylation is 1. The van der Waals surface area contributed by atoms with Crippen LogP contribution in [-0.4, -0.2) is 11.1 Å². The Kier molecular flexibility index (Phi) is 4.31. The van der Waals surface area contributed by atoms with Crippen molar-refractivity contribution in [3.63, 3.8) is 0 Å². The second kappa shape index (κ2) is 6.41. The van der Waals surface area contributed by atoms with Gasteiger partial charge >= 0.3 is 0 Å². The van der Waals surface area contributed by atoms with Gasteiger partial charge in [0.2, 0.25) is 0 Å². The van der Waals surface area contributed by atoms with Crippen molar-refractivity contribution in [3.8, 4) is 11.3 Å². The molecule has 0 aliphatic heterocycles. The maximum Gasteiger partial charge on any atom is 0.261 e. The van der Waals surface area contributed by atoms with E-state index in [1.807, 2.05) is 0 Å². The van der Waals surface area contributed by atoms with Crippen LogP contribution in [0.3, 0.4) is 0 Å². The lowest BCUT2D eigenvalue weighted by molar-refractivity contribution is 0.102. The molecule has 0 unspecified atom stereocenters. The molecule has 24 heavy (non-hydrogen) atoms. The Bertz CT molecular complexity index is 904. The summed E-state index contributed by atoms with van der Waals surface area (Å²) in [7, 11) is 0. The Balaban J connectivity index is 2.03. The quantitative estimate of drug-likeness (QED) is 0.737. The molecule has 0 fully saturated rings. The molecule has 0 atom stereocenters. The molecule has 7 heteroatoms. The number of hydrogen-bond acceptors (Lipinski definition) is 3. The monoisotopic (exact) mass is 348 g/mol. The normalized spacial score (nSPS) is 10.7. The van der Waals surface area contributed by atoms with Crippen LogP contribution in [-0.2, 0) is 0 Å². The SMILES string of the molecule is Cc1onc(-c2c(F)cccc2Cl)c1C(=O)Nc1cccc(F)c1. The maximum absolute atomic E-state index is 14.1. The average molecular weight is 349 g/mol. The predicted molar refractivity (Wildman–Crippen MR) is 86.0 cm³/mol. The van der Waals surface area contributed by atoms with Gasteiger partial charge in [0.05, 0.1) is 10.6 Å². The van der Waals surface area contributed by atoms with E-state index >= 15 is 0 Å². The van der Waals surface area contributed by atoms with Gasteiger partial charge in [-0.3, -0.25) is 4.79 Å². The number of carbonyl (C=O) groups excluding carboxylic acids is 1. The molecular formula is C17H11ClF2N2O2. The van der Waals surface area contributed by atoms with Gasteiger partial charge in [0.15, 0.2) is 0 Å². The van der Waals surface area contributed by atoms with Gasteiger partial charge in [0, 0.05) is 5.69 Å². The molecule has 122 valence electrons. The Hall–Kier alpha value is -2.73. The van der Waals surface area contributed by atoms with Crippen LogP contribution >= 0.6 is 11.6 Å². The van der Waals surface area contributed by atoms with Gasteiger partial charge in [-0.1, -0.05) is 28.9 Å². The van der Waals surface area contributed by atoms with E-state index in [0.717, 1.165) is 6.07 Å². The van der Waals surface area contributed by atoms with Crippen LogP contribution in [0.15, 0.2) is 47.0 Å². The number of amides is 1. The molecular weight excluding hydrogens is 338 g/mol. The van der Waals surface area contributed by atoms with Crippen LogP contribution in [0.2, 0.25) is 5.02 Å². The third-order valence-electron chi connectivity index (χ3n) is 3.37. The molecule has 3 aromatic rings. The number of nitrogens with zero attached hydrogens (tertiary/aromatic N) is 1. The summed E-state index contributed by atoms with van der Waals surface area (Å²) in [5.41, 5.74) is 0.252. The molecule has 0 saturated carbocycles. The highest BCUT2D eigenvalue weighted by Crippen LogP contribution is 2.33. The first-order valence-electron chi connectivity index (χ1n) is 6.95. The minimum atomic E-state index is -0.629. The molecule has 1 amide bonds. The number of aromatic nitrogens is 1. The molecule has 0 radical (unpaired) electrons. The summed E-state index contributed by atoms with van der Waals surface area (Å²) in [6.45, 7) is 1.52. The number of nitrogens with one attached hydrogen (secondary N) is 1. The van der Waals surface area contributed by atoms with Crippen molar-refractivity contribution in [2.75, 3.05) is 5.32 Å². The van der Waals surface area contributed by atoms with Crippen molar-refractivity contribution < 1.29 is 18.1 Å². The summed E-state index contributed by atoms with van der Waals surface area (Å²) >= 11 is 6.03. The van der Waals surface area contributed by atoms with Gasteiger partial charge in [0.1, 0.15) is 28.7 Å². The zero-order valence-electron chi connectivity index (χ0n) is 12.4. The van der Waals surface area contributed by atoms with Crippen molar-refractivity contribution in [1.82, 2.24) is 5.16 Å². The van der Waals surface area contributed by atoms with E-state index < -0.39 is 17.5 Å². The second-order valence-corrected chi connectivity index (χ2v) is 5.43. The number of carbonyl (C=O) groups is 1. The molecule has 4 nitrogen and oxygen atoms in total. The number of benzene rings is 2. The third kappa shape index (κ3) is 3.00. The largest absolute Gasteiger partial charge is 0.360 e. The van der Waals surface area contributed by atoms with E-state index in [4.69, 9.17) is 16.1 Å². The van der Waals surface area contributed by atoms with E-state index in [-0.39, 0.29) is 33.3 Å². The summed E-state index contributed by atoms with van der Waals surface area (Å²) in [5.74, 6) is -1.53. The van der Waals surface area contributed by atoms with Gasteiger partial charge in [-0.2, -0.15) is 0 Å². The van der Waals surface area contributed by atoms with Crippen molar-refractivity contribution in [2.24, 2.45) is 0 Å². The van der Waals surface area contributed by atoms with E-state index in [1.165, 1.54) is 43.3 Å². The highest BCUT2D eigenvalue weighted by molar-refractivity contribution is 6.33. The van der Waals surface area contributed by atoms with E-state index in [0.29, 0.717) is 0 Å². The van der Waals surface area contributed by atoms with Crippen molar-refractivity contribution in [1.29, 1.82) is 0 Å². The fourth-order valence-electron chi connectivity index (χ4n) is 2.29. The zero-order chi connectivity index (χ0) is 17.3. The topological polar surface area (TPSA) is 55.1 Å². The second-order valence-electron chi connectivity index (χ2n) is 5.02. The molecule has 0 spiro atoms. The summed E-state index contributed by atoms with van der Waals surface area (Å²) in [5, 5.41) is 6.38. The Morgan fingerprint density at radius 1 is 1.21 bits per heavy atom. The lowest BCUT2D eigenvalue weighted by Gasteiger charge is -2.07. The molecule has 0 aliphatic rings. The average Bonchev–Trinajstić information content (AvgIpc) is 2.89. The molecule has 2 aromatic carbocycles. The lowest BCUT2D eigenvalue weighted by atomic mass is 10.0. The van der Waals surface area contributed by atoms with Crippen LogP contribution in [0.1, 0.15) is 16.1 Å². The lowest BCUT2D eigenvalue weighted by Crippen LogP contribution is -2.13. The fourth-order valence-corrected chi connectivity index (χ4v) is 2.55. The molecule has 0 bridgehead atoms. The van der Waals surface area contributed by atoms with Crippen LogP contribution < -0.4 is 5.32 Å². The Morgan fingerprint density at radius 3 is 2.67 bits per heavy atom. The number of rotatable bonds is 3. The van der Waals surface area contributed by atoms with Crippen LogP contribution in [0, 0.1) is 18.6 Å². The first-order chi connectivity index (χ1) is 11.5. The van der Waals surface area contributed by atoms with Gasteiger partial charge in [-0.25, -0.2) is 8.78 Å². The molecule has 3 rings (SSSR count). The summed E-state index contributed by atoms with van der Waals surface area (Å²) in [6, 6.07) is 9.54. The highest BCUT2D eigenvalue weighted by atomic mass is 35.5. The standard InChI is InChI=1S/C17H11ClF2N2O2/c1-9-14(17(23)21-11-5-2-4-10(19)8-11)16(22-24-9)15-12(18)6-3-7-13(15)20/h2-8H,1H3,(H,21,23). The summed E-state index contributed by atoms with van der Waals surface area (Å²) in [4.78, 5) is 12.5. The van der Waals surface area contributed by atoms with Crippen LogP contribution in [0.4, 0.5) is 14.5 Å².